The number of rotatable bonds is 7. The predicted molar refractivity (Wildman–Crippen MR) is 101 cm³/mol. The largest absolute Gasteiger partial charge is 0.349 e. The van der Waals surface area contributed by atoms with Crippen molar-refractivity contribution in [2.75, 3.05) is 31.5 Å². The molecule has 1 aromatic rings. The maximum atomic E-state index is 13.0. The highest BCUT2D eigenvalue weighted by atomic mass is 35.5. The van der Waals surface area contributed by atoms with Crippen LogP contribution in [0, 0.1) is 0 Å². The first kappa shape index (κ1) is 22.1. The molecule has 12 heteroatoms. The third kappa shape index (κ3) is 5.89. The molecule has 0 spiro atoms. The summed E-state index contributed by atoms with van der Waals surface area (Å²) in [6.45, 7) is 0.526. The van der Waals surface area contributed by atoms with Crippen LogP contribution in [-0.4, -0.2) is 64.5 Å². The van der Waals surface area contributed by atoms with Crippen LogP contribution in [0.25, 0.3) is 0 Å². The number of hydroxylamine groups is 2. The van der Waals surface area contributed by atoms with Crippen LogP contribution in [0.3, 0.4) is 0 Å². The zero-order valence-corrected chi connectivity index (χ0v) is 16.8. The van der Waals surface area contributed by atoms with E-state index in [9.17, 15) is 19.4 Å². The van der Waals surface area contributed by atoms with Gasteiger partial charge in [0, 0.05) is 36.8 Å². The number of urea groups is 1. The quantitative estimate of drug-likeness (QED) is 0.259. The highest BCUT2D eigenvalue weighted by Crippen LogP contribution is 2.49. The number of amides is 3. The summed E-state index contributed by atoms with van der Waals surface area (Å²) in [5.74, 6) is -0.266. The van der Waals surface area contributed by atoms with Gasteiger partial charge < -0.3 is 4.52 Å². The first-order valence-corrected chi connectivity index (χ1v) is 10.8. The van der Waals surface area contributed by atoms with Crippen molar-refractivity contribution in [3.05, 3.63) is 35.9 Å². The highest BCUT2D eigenvalue weighted by molar-refractivity contribution is 7.54. The minimum atomic E-state index is -3.55. The van der Waals surface area contributed by atoms with Crippen LogP contribution in [0.1, 0.15) is 16.8 Å². The van der Waals surface area contributed by atoms with Crippen LogP contribution in [-0.2, 0) is 9.09 Å². The summed E-state index contributed by atoms with van der Waals surface area (Å²) in [6, 6.07) is 7.04. The van der Waals surface area contributed by atoms with Gasteiger partial charge in [-0.25, -0.2) is 14.6 Å². The summed E-state index contributed by atoms with van der Waals surface area (Å²) in [6.07, 6.45) is -0.843. The van der Waals surface area contributed by atoms with Crippen LogP contribution in [0.2, 0.25) is 0 Å². The lowest BCUT2D eigenvalue weighted by molar-refractivity contribution is -0.0915. The second-order valence-corrected chi connectivity index (χ2v) is 8.47. The normalized spacial score (nSPS) is 22.4. The van der Waals surface area contributed by atoms with Crippen molar-refractivity contribution in [3.8, 4) is 0 Å². The lowest BCUT2D eigenvalue weighted by atomic mass is 10.2. The van der Waals surface area contributed by atoms with E-state index in [2.05, 4.69) is 10.4 Å². The maximum Gasteiger partial charge on any atom is 0.349 e. The van der Waals surface area contributed by atoms with Crippen molar-refractivity contribution in [2.45, 2.75) is 12.6 Å². The zero-order valence-electron chi connectivity index (χ0n) is 14.4. The first-order chi connectivity index (χ1) is 12.9. The third-order valence-electron chi connectivity index (χ3n) is 3.79. The number of alkyl halides is 2. The molecule has 0 radical (unpaired) electrons. The van der Waals surface area contributed by atoms with Crippen molar-refractivity contribution in [1.29, 1.82) is 0 Å². The second kappa shape index (κ2) is 10.4. The molecule has 1 aliphatic heterocycles. The summed E-state index contributed by atoms with van der Waals surface area (Å²) < 4.78 is 19.8. The fraction of sp³-hybridized carbons (Fsp3) is 0.467. The van der Waals surface area contributed by atoms with Gasteiger partial charge >= 0.3 is 13.7 Å². The predicted octanol–water partition coefficient (Wildman–Crippen LogP) is 2.45. The fourth-order valence-corrected chi connectivity index (χ4v) is 5.19. The Morgan fingerprint density at radius 1 is 1.26 bits per heavy atom. The third-order valence-corrected chi connectivity index (χ3v) is 6.43. The standard InChI is InChI=1S/C15H21Cl2N4O5P/c16-7-9-20(10-8-17)27(25)19-13(6-11-26-27)21(24)15(23)18-14(22)12-4-2-1-3-5-12/h1-5,13,24H,6-11H2,(H,19,25)(H,18,22,23). The Hall–Kier alpha value is -1.19. The summed E-state index contributed by atoms with van der Waals surface area (Å²) in [5.41, 5.74) is 0.264. The average molecular weight is 439 g/mol. The molecule has 9 nitrogen and oxygen atoms in total. The van der Waals surface area contributed by atoms with E-state index >= 15 is 0 Å². The van der Waals surface area contributed by atoms with Crippen LogP contribution in [0.4, 0.5) is 4.79 Å². The molecule has 1 aliphatic rings. The van der Waals surface area contributed by atoms with Gasteiger partial charge in [-0.3, -0.25) is 19.9 Å². The molecule has 3 N–H and O–H groups in total. The molecule has 0 aliphatic carbocycles. The Morgan fingerprint density at radius 2 is 1.89 bits per heavy atom. The van der Waals surface area contributed by atoms with Crippen molar-refractivity contribution >= 4 is 42.8 Å². The van der Waals surface area contributed by atoms with E-state index in [4.69, 9.17) is 27.7 Å². The number of halogens is 2. The highest BCUT2D eigenvalue weighted by Gasteiger charge is 2.40. The minimum Gasteiger partial charge on any atom is -0.306 e. The number of carbonyl (C=O) groups is 2. The number of imide groups is 1. The molecule has 2 unspecified atom stereocenters. The number of benzene rings is 1. The van der Waals surface area contributed by atoms with Crippen LogP contribution >= 0.6 is 30.9 Å². The lowest BCUT2D eigenvalue weighted by Crippen LogP contribution is -2.54. The van der Waals surface area contributed by atoms with Gasteiger partial charge in [0.1, 0.15) is 6.17 Å². The van der Waals surface area contributed by atoms with Gasteiger partial charge in [0.2, 0.25) is 0 Å². The molecule has 3 amide bonds. The molecule has 1 saturated heterocycles. The Kier molecular flexibility index (Phi) is 8.50. The minimum absolute atomic E-state index is 0.0347. The molecular formula is C15H21Cl2N4O5P. The van der Waals surface area contributed by atoms with Gasteiger partial charge in [0.15, 0.2) is 0 Å². The van der Waals surface area contributed by atoms with E-state index in [1.807, 2.05) is 0 Å². The Balaban J connectivity index is 2.02. The van der Waals surface area contributed by atoms with Gasteiger partial charge in [0.05, 0.1) is 6.61 Å². The number of hydrogen-bond acceptors (Lipinski definition) is 5. The molecule has 0 bridgehead atoms. The average Bonchev–Trinajstić information content (AvgIpc) is 2.67. The summed E-state index contributed by atoms with van der Waals surface area (Å²) >= 11 is 11.5. The van der Waals surface area contributed by atoms with E-state index in [0.29, 0.717) is 5.06 Å². The van der Waals surface area contributed by atoms with E-state index < -0.39 is 25.8 Å². The molecule has 1 aromatic carbocycles. The zero-order chi connectivity index (χ0) is 19.9. The maximum absolute atomic E-state index is 13.0. The van der Waals surface area contributed by atoms with Gasteiger partial charge in [-0.15, -0.1) is 23.2 Å². The molecule has 2 atom stereocenters. The van der Waals surface area contributed by atoms with Gasteiger partial charge in [-0.05, 0) is 12.1 Å². The molecule has 150 valence electrons. The number of nitrogens with one attached hydrogen (secondary N) is 2. The van der Waals surface area contributed by atoms with Crippen LogP contribution in [0.15, 0.2) is 30.3 Å². The smallest absolute Gasteiger partial charge is 0.306 e. The second-order valence-electron chi connectivity index (χ2n) is 5.59. The summed E-state index contributed by atoms with van der Waals surface area (Å²) in [5, 5.41) is 15.2. The van der Waals surface area contributed by atoms with Crippen molar-refractivity contribution < 1.29 is 23.9 Å². The number of nitrogens with zero attached hydrogens (tertiary/aromatic N) is 2. The number of hydrogen-bond donors (Lipinski definition) is 3. The first-order valence-electron chi connectivity index (χ1n) is 8.19. The number of carbonyl (C=O) groups excluding carboxylic acids is 2. The van der Waals surface area contributed by atoms with Crippen molar-refractivity contribution in [1.82, 2.24) is 20.1 Å². The monoisotopic (exact) mass is 438 g/mol. The van der Waals surface area contributed by atoms with Gasteiger partial charge in [0.25, 0.3) is 5.91 Å². The molecule has 0 aromatic heterocycles. The van der Waals surface area contributed by atoms with Crippen molar-refractivity contribution in [3.63, 3.8) is 0 Å². The molecular weight excluding hydrogens is 418 g/mol. The lowest BCUT2D eigenvalue weighted by Gasteiger charge is -2.38. The Labute approximate surface area is 167 Å². The summed E-state index contributed by atoms with van der Waals surface area (Å²) in [4.78, 5) is 24.2. The Morgan fingerprint density at radius 3 is 2.48 bits per heavy atom. The van der Waals surface area contributed by atoms with Gasteiger partial charge in [-0.2, -0.15) is 5.06 Å². The van der Waals surface area contributed by atoms with E-state index in [-0.39, 0.29) is 43.4 Å². The molecule has 27 heavy (non-hydrogen) atoms. The molecule has 1 heterocycles. The van der Waals surface area contributed by atoms with Gasteiger partial charge in [-0.1, -0.05) is 18.2 Å². The van der Waals surface area contributed by atoms with Crippen molar-refractivity contribution in [2.24, 2.45) is 0 Å². The van der Waals surface area contributed by atoms with E-state index in [0.717, 1.165) is 0 Å². The molecule has 0 saturated carbocycles. The Bertz CT molecular complexity index is 690. The SMILES string of the molecule is O=C(NC(=O)N(O)C1CCOP(=O)(N(CCCl)CCCl)N1)c1ccccc1. The van der Waals surface area contributed by atoms with Crippen LogP contribution in [0.5, 0.6) is 0 Å². The fourth-order valence-electron chi connectivity index (χ4n) is 2.45. The topological polar surface area (TPSA) is 111 Å². The summed E-state index contributed by atoms with van der Waals surface area (Å²) in [7, 11) is -3.55. The molecule has 1 fully saturated rings. The van der Waals surface area contributed by atoms with E-state index in [1.54, 1.807) is 18.2 Å². The van der Waals surface area contributed by atoms with Crippen LogP contribution < -0.4 is 10.4 Å². The molecule has 2 rings (SSSR count). The van der Waals surface area contributed by atoms with E-state index in [1.165, 1.54) is 16.8 Å².